The lowest BCUT2D eigenvalue weighted by Gasteiger charge is -2.05. The van der Waals surface area contributed by atoms with Crippen molar-refractivity contribution in [3.05, 3.63) is 46.2 Å². The fourth-order valence-electron chi connectivity index (χ4n) is 1.57. The Kier molecular flexibility index (Phi) is 5.76. The number of nitrogens with one attached hydrogen (secondary N) is 1. The van der Waals surface area contributed by atoms with Crippen LogP contribution in [-0.2, 0) is 7.05 Å². The molecule has 2 aromatic rings. The van der Waals surface area contributed by atoms with Crippen molar-refractivity contribution in [1.29, 1.82) is 0 Å². The van der Waals surface area contributed by atoms with Crippen LogP contribution in [0.1, 0.15) is 29.9 Å². The molecule has 0 bridgehead atoms. The summed E-state index contributed by atoms with van der Waals surface area (Å²) in [6.45, 7) is 5.81. The molecule has 102 valence electrons. The van der Waals surface area contributed by atoms with Gasteiger partial charge in [-0.25, -0.2) is 0 Å². The summed E-state index contributed by atoms with van der Waals surface area (Å²) in [5.41, 5.74) is 2.06. The van der Waals surface area contributed by atoms with Crippen LogP contribution in [0.5, 0.6) is 0 Å². The molecule has 0 saturated heterocycles. The van der Waals surface area contributed by atoms with E-state index in [0.29, 0.717) is 5.56 Å². The summed E-state index contributed by atoms with van der Waals surface area (Å²) in [5.74, 6) is -0.150. The van der Waals surface area contributed by atoms with Crippen LogP contribution < -0.4 is 5.32 Å². The number of hydrogen-bond acceptors (Lipinski definition) is 2. The highest BCUT2D eigenvalue weighted by Gasteiger charge is 2.13. The minimum absolute atomic E-state index is 0.150. The van der Waals surface area contributed by atoms with Gasteiger partial charge in [-0.2, -0.15) is 5.10 Å². The number of benzene rings is 1. The Bertz CT molecular complexity index is 564. The molecular weight excluding hydrogens is 306 g/mol. The molecule has 0 spiro atoms. The zero-order chi connectivity index (χ0) is 14.4. The van der Waals surface area contributed by atoms with Crippen LogP contribution in [-0.4, -0.2) is 15.7 Å². The lowest BCUT2D eigenvalue weighted by atomic mass is 10.2. The highest BCUT2D eigenvalue weighted by Crippen LogP contribution is 2.22. The van der Waals surface area contributed by atoms with Gasteiger partial charge < -0.3 is 5.32 Å². The predicted molar refractivity (Wildman–Crippen MR) is 81.4 cm³/mol. The van der Waals surface area contributed by atoms with Gasteiger partial charge in [-0.05, 0) is 35.0 Å². The molecule has 19 heavy (non-hydrogen) atoms. The second kappa shape index (κ2) is 7.09. The van der Waals surface area contributed by atoms with Gasteiger partial charge in [0.2, 0.25) is 0 Å². The average Bonchev–Trinajstić information content (AvgIpc) is 2.74. The Morgan fingerprint density at radius 3 is 2.47 bits per heavy atom. The molecule has 0 unspecified atom stereocenters. The molecule has 0 aliphatic rings. The average molecular weight is 324 g/mol. The fourth-order valence-corrected chi connectivity index (χ4v) is 1.96. The first-order valence-electron chi connectivity index (χ1n) is 6.14. The normalized spacial score (nSPS) is 9.53. The molecule has 1 aromatic carbocycles. The molecule has 1 aromatic heterocycles. The predicted octanol–water partition coefficient (Wildman–Crippen LogP) is 3.77. The number of hydrogen-bond donors (Lipinski definition) is 1. The van der Waals surface area contributed by atoms with E-state index in [1.165, 1.54) is 0 Å². The van der Waals surface area contributed by atoms with E-state index in [0.717, 1.165) is 15.9 Å². The topological polar surface area (TPSA) is 46.9 Å². The van der Waals surface area contributed by atoms with E-state index in [1.54, 1.807) is 17.9 Å². The number of nitrogens with zero attached hydrogens (tertiary/aromatic N) is 2. The Morgan fingerprint density at radius 2 is 1.95 bits per heavy atom. The lowest BCUT2D eigenvalue weighted by molar-refractivity contribution is 0.102. The van der Waals surface area contributed by atoms with Crippen LogP contribution in [0.3, 0.4) is 0 Å². The van der Waals surface area contributed by atoms with Gasteiger partial charge in [-0.1, -0.05) is 26.0 Å². The molecule has 5 heteroatoms. The fraction of sp³-hybridized carbons (Fsp3) is 0.286. The summed E-state index contributed by atoms with van der Waals surface area (Å²) in [5, 5.41) is 6.98. The molecule has 0 atom stereocenters. The molecule has 0 fully saturated rings. The van der Waals surface area contributed by atoms with Gasteiger partial charge in [0.25, 0.3) is 5.91 Å². The van der Waals surface area contributed by atoms with Crippen LogP contribution in [0.2, 0.25) is 0 Å². The van der Waals surface area contributed by atoms with E-state index in [2.05, 4.69) is 26.3 Å². The molecule has 1 N–H and O–H groups in total. The smallest absolute Gasteiger partial charge is 0.259 e. The van der Waals surface area contributed by atoms with E-state index >= 15 is 0 Å². The Morgan fingerprint density at radius 1 is 1.32 bits per heavy atom. The number of anilines is 1. The number of carbonyl (C=O) groups excluding carboxylic acids is 1. The minimum Gasteiger partial charge on any atom is -0.321 e. The molecular formula is C14H18BrN3O. The molecule has 0 aliphatic carbocycles. The van der Waals surface area contributed by atoms with Crippen molar-refractivity contribution in [2.45, 2.75) is 20.8 Å². The van der Waals surface area contributed by atoms with Gasteiger partial charge in [0.15, 0.2) is 0 Å². The highest BCUT2D eigenvalue weighted by molar-refractivity contribution is 9.10. The number of halogens is 1. The number of amides is 1. The van der Waals surface area contributed by atoms with E-state index < -0.39 is 0 Å². The van der Waals surface area contributed by atoms with Gasteiger partial charge >= 0.3 is 0 Å². The summed E-state index contributed by atoms with van der Waals surface area (Å²) in [6, 6.07) is 7.49. The van der Waals surface area contributed by atoms with Crippen molar-refractivity contribution in [3.8, 4) is 0 Å². The zero-order valence-corrected chi connectivity index (χ0v) is 13.2. The van der Waals surface area contributed by atoms with Crippen LogP contribution in [0.25, 0.3) is 0 Å². The Hall–Kier alpha value is -1.62. The second-order valence-electron chi connectivity index (χ2n) is 3.74. The molecule has 1 heterocycles. The third-order valence-electron chi connectivity index (χ3n) is 2.38. The van der Waals surface area contributed by atoms with Gasteiger partial charge in [-0.15, -0.1) is 0 Å². The van der Waals surface area contributed by atoms with Crippen LogP contribution in [0.4, 0.5) is 5.69 Å². The van der Waals surface area contributed by atoms with Crippen molar-refractivity contribution in [1.82, 2.24) is 9.78 Å². The zero-order valence-electron chi connectivity index (χ0n) is 11.6. The van der Waals surface area contributed by atoms with E-state index in [1.807, 2.05) is 45.0 Å². The maximum atomic E-state index is 12.0. The third-order valence-corrected chi connectivity index (χ3v) is 3.07. The molecule has 2 rings (SSSR count). The maximum absolute atomic E-state index is 12.0. The lowest BCUT2D eigenvalue weighted by Crippen LogP contribution is -2.12. The molecule has 0 radical (unpaired) electrons. The van der Waals surface area contributed by atoms with Crippen molar-refractivity contribution >= 4 is 27.5 Å². The second-order valence-corrected chi connectivity index (χ2v) is 4.59. The van der Waals surface area contributed by atoms with Crippen molar-refractivity contribution in [2.24, 2.45) is 7.05 Å². The largest absolute Gasteiger partial charge is 0.321 e. The number of carbonyl (C=O) groups is 1. The number of aromatic nitrogens is 2. The van der Waals surface area contributed by atoms with Crippen LogP contribution >= 0.6 is 15.9 Å². The van der Waals surface area contributed by atoms with Crippen molar-refractivity contribution in [3.63, 3.8) is 0 Å². The van der Waals surface area contributed by atoms with Gasteiger partial charge in [0.1, 0.15) is 0 Å². The van der Waals surface area contributed by atoms with Crippen molar-refractivity contribution in [2.75, 3.05) is 5.32 Å². The Labute approximate surface area is 122 Å². The number of rotatable bonds is 2. The third kappa shape index (κ3) is 3.92. The maximum Gasteiger partial charge on any atom is 0.259 e. The minimum atomic E-state index is -0.150. The summed E-state index contributed by atoms with van der Waals surface area (Å²) < 4.78 is 2.49. The SMILES string of the molecule is CC.Cc1nn(C)cc1C(=O)Nc1ccccc1Br. The van der Waals surface area contributed by atoms with E-state index in [9.17, 15) is 4.79 Å². The van der Waals surface area contributed by atoms with E-state index in [-0.39, 0.29) is 5.91 Å². The first-order valence-corrected chi connectivity index (χ1v) is 6.93. The van der Waals surface area contributed by atoms with Crippen LogP contribution in [0.15, 0.2) is 34.9 Å². The molecule has 1 amide bonds. The van der Waals surface area contributed by atoms with Gasteiger partial charge in [0.05, 0.1) is 16.9 Å². The molecule has 4 nitrogen and oxygen atoms in total. The first kappa shape index (κ1) is 15.4. The summed E-state index contributed by atoms with van der Waals surface area (Å²) in [7, 11) is 1.79. The standard InChI is InChI=1S/C12H12BrN3O.C2H6/c1-8-9(7-16(2)15-8)12(17)14-11-6-4-3-5-10(11)13;1-2/h3-7H,1-2H3,(H,14,17);1-2H3. The first-order chi connectivity index (χ1) is 9.08. The Balaban J connectivity index is 0.000000861. The summed E-state index contributed by atoms with van der Waals surface area (Å²) >= 11 is 3.39. The molecule has 0 saturated carbocycles. The van der Waals surface area contributed by atoms with Crippen LogP contribution in [0, 0.1) is 6.92 Å². The highest BCUT2D eigenvalue weighted by atomic mass is 79.9. The van der Waals surface area contributed by atoms with E-state index in [4.69, 9.17) is 0 Å². The molecule has 0 aliphatic heterocycles. The van der Waals surface area contributed by atoms with Crippen molar-refractivity contribution < 1.29 is 4.79 Å². The van der Waals surface area contributed by atoms with Gasteiger partial charge in [-0.3, -0.25) is 9.48 Å². The van der Waals surface area contributed by atoms with Gasteiger partial charge in [0, 0.05) is 17.7 Å². The quantitative estimate of drug-likeness (QED) is 0.914. The monoisotopic (exact) mass is 323 g/mol. The summed E-state index contributed by atoms with van der Waals surface area (Å²) in [4.78, 5) is 12.0. The summed E-state index contributed by atoms with van der Waals surface area (Å²) in [6.07, 6.45) is 1.71. The number of para-hydroxylation sites is 1. The number of aryl methyl sites for hydroxylation is 2.